The minimum absolute atomic E-state index is 0.0267. The number of anilines is 1. The van der Waals surface area contributed by atoms with Crippen molar-refractivity contribution in [2.45, 2.75) is 45.8 Å². The maximum Gasteiger partial charge on any atom is 0.410 e. The SMILES string of the molecule is CC1CNc2c(sc3ccc4nc(Oc5nc(Cl)ncc5C5=CCN(C(=O)OC(C)(C)C)CC5)ccc4c23)C(=O)N1. The zero-order valence-electron chi connectivity index (χ0n) is 23.1. The zero-order chi connectivity index (χ0) is 28.9. The summed E-state index contributed by atoms with van der Waals surface area (Å²) in [4.78, 5) is 40.8. The van der Waals surface area contributed by atoms with Crippen LogP contribution >= 0.6 is 22.9 Å². The minimum Gasteiger partial charge on any atom is -0.444 e. The Morgan fingerprint density at radius 2 is 2.02 bits per heavy atom. The first-order valence-corrected chi connectivity index (χ1v) is 14.5. The number of halogens is 1. The Labute approximate surface area is 245 Å². The summed E-state index contributed by atoms with van der Waals surface area (Å²) in [5, 5.41) is 8.40. The van der Waals surface area contributed by atoms with E-state index in [1.807, 2.05) is 52.0 Å². The Bertz CT molecular complexity index is 1730. The van der Waals surface area contributed by atoms with Gasteiger partial charge in [0.1, 0.15) is 10.5 Å². The van der Waals surface area contributed by atoms with Crippen LogP contribution in [-0.4, -0.2) is 63.1 Å². The Hall–Kier alpha value is -3.96. The van der Waals surface area contributed by atoms with E-state index in [-0.39, 0.29) is 29.2 Å². The first kappa shape index (κ1) is 27.2. The Kier molecular flexibility index (Phi) is 6.95. The molecule has 1 atom stereocenters. The molecule has 0 fully saturated rings. The van der Waals surface area contributed by atoms with Gasteiger partial charge in [0.05, 0.1) is 16.8 Å². The van der Waals surface area contributed by atoms with Gasteiger partial charge in [0, 0.05) is 53.4 Å². The number of nitrogens with one attached hydrogen (secondary N) is 2. The maximum atomic E-state index is 12.7. The lowest BCUT2D eigenvalue weighted by Gasteiger charge is -2.29. The molecule has 212 valence electrons. The average molecular weight is 593 g/mol. The molecule has 3 aromatic heterocycles. The van der Waals surface area contributed by atoms with E-state index >= 15 is 0 Å². The molecule has 41 heavy (non-hydrogen) atoms. The van der Waals surface area contributed by atoms with E-state index in [0.29, 0.717) is 42.4 Å². The van der Waals surface area contributed by atoms with Crippen LogP contribution in [0.1, 0.15) is 49.4 Å². The number of amides is 2. The summed E-state index contributed by atoms with van der Waals surface area (Å²) < 4.78 is 12.7. The number of carbonyl (C=O) groups excluding carboxylic acids is 2. The fourth-order valence-electron chi connectivity index (χ4n) is 4.91. The predicted octanol–water partition coefficient (Wildman–Crippen LogP) is 6.25. The Morgan fingerprint density at radius 1 is 1.20 bits per heavy atom. The Balaban J connectivity index is 1.29. The summed E-state index contributed by atoms with van der Waals surface area (Å²) in [7, 11) is 0. The van der Waals surface area contributed by atoms with E-state index < -0.39 is 5.60 Å². The van der Waals surface area contributed by atoms with Crippen LogP contribution in [0.15, 0.2) is 36.5 Å². The number of hydrogen-bond donors (Lipinski definition) is 2. The molecule has 2 aliphatic rings. The number of pyridine rings is 1. The highest BCUT2D eigenvalue weighted by Crippen LogP contribution is 2.41. The fraction of sp³-hybridized carbons (Fsp3) is 0.345. The largest absolute Gasteiger partial charge is 0.444 e. The average Bonchev–Trinajstić information content (AvgIpc) is 3.24. The van der Waals surface area contributed by atoms with Crippen molar-refractivity contribution in [3.63, 3.8) is 0 Å². The smallest absolute Gasteiger partial charge is 0.410 e. The summed E-state index contributed by atoms with van der Waals surface area (Å²) in [6.07, 6.45) is 3.80. The molecule has 5 heterocycles. The van der Waals surface area contributed by atoms with E-state index in [1.54, 1.807) is 17.2 Å². The van der Waals surface area contributed by atoms with Gasteiger partial charge in [-0.3, -0.25) is 4.79 Å². The molecule has 0 radical (unpaired) electrons. The maximum absolute atomic E-state index is 12.7. The topological polar surface area (TPSA) is 119 Å². The lowest BCUT2D eigenvalue weighted by Crippen LogP contribution is -2.39. The molecule has 1 unspecified atom stereocenters. The lowest BCUT2D eigenvalue weighted by atomic mass is 10.0. The van der Waals surface area contributed by atoms with Crippen molar-refractivity contribution in [3.05, 3.63) is 52.3 Å². The third kappa shape index (κ3) is 5.51. The van der Waals surface area contributed by atoms with Crippen LogP contribution < -0.4 is 15.4 Å². The number of nitrogens with zero attached hydrogens (tertiary/aromatic N) is 4. The van der Waals surface area contributed by atoms with Crippen LogP contribution in [0.4, 0.5) is 10.5 Å². The highest BCUT2D eigenvalue weighted by molar-refractivity contribution is 7.21. The summed E-state index contributed by atoms with van der Waals surface area (Å²) in [5.74, 6) is 0.561. The van der Waals surface area contributed by atoms with Gasteiger partial charge >= 0.3 is 6.09 Å². The van der Waals surface area contributed by atoms with Crippen LogP contribution in [0.5, 0.6) is 11.8 Å². The van der Waals surface area contributed by atoms with Crippen molar-refractivity contribution in [1.29, 1.82) is 0 Å². The number of rotatable bonds is 3. The summed E-state index contributed by atoms with van der Waals surface area (Å²) in [6.45, 7) is 9.03. The second-order valence-electron chi connectivity index (χ2n) is 11.1. The van der Waals surface area contributed by atoms with Crippen LogP contribution in [0.3, 0.4) is 0 Å². The van der Waals surface area contributed by atoms with Crippen LogP contribution in [0.2, 0.25) is 5.28 Å². The normalized spacial score (nSPS) is 17.4. The third-order valence-electron chi connectivity index (χ3n) is 6.80. The number of aromatic nitrogens is 3. The summed E-state index contributed by atoms with van der Waals surface area (Å²) in [6, 6.07) is 7.65. The first-order chi connectivity index (χ1) is 19.6. The molecule has 2 N–H and O–H groups in total. The molecule has 6 rings (SSSR count). The van der Waals surface area contributed by atoms with Gasteiger partial charge in [-0.25, -0.2) is 14.8 Å². The molecule has 4 aromatic rings. The van der Waals surface area contributed by atoms with Gasteiger partial charge < -0.3 is 25.0 Å². The third-order valence-corrected chi connectivity index (χ3v) is 8.13. The van der Waals surface area contributed by atoms with Gasteiger partial charge in [-0.05, 0) is 69.5 Å². The number of ether oxygens (including phenoxy) is 2. The number of benzene rings is 1. The number of thiophene rings is 1. The summed E-state index contributed by atoms with van der Waals surface area (Å²) in [5.41, 5.74) is 2.63. The molecule has 0 saturated carbocycles. The molecular formula is C29H29ClN6O4S. The minimum atomic E-state index is -0.559. The number of carbonyl (C=O) groups is 2. The second-order valence-corrected chi connectivity index (χ2v) is 12.5. The van der Waals surface area contributed by atoms with Crippen molar-refractivity contribution in [2.24, 2.45) is 0 Å². The predicted molar refractivity (Wildman–Crippen MR) is 160 cm³/mol. The van der Waals surface area contributed by atoms with Crippen LogP contribution in [0.25, 0.3) is 26.6 Å². The van der Waals surface area contributed by atoms with E-state index in [2.05, 4.69) is 20.6 Å². The van der Waals surface area contributed by atoms with E-state index in [4.69, 9.17) is 26.1 Å². The van der Waals surface area contributed by atoms with E-state index in [0.717, 1.165) is 32.2 Å². The van der Waals surface area contributed by atoms with Gasteiger partial charge in [-0.2, -0.15) is 4.98 Å². The quantitative estimate of drug-likeness (QED) is 0.268. The zero-order valence-corrected chi connectivity index (χ0v) is 24.7. The molecule has 1 aromatic carbocycles. The van der Waals surface area contributed by atoms with E-state index in [9.17, 15) is 9.59 Å². The molecule has 2 amide bonds. The van der Waals surface area contributed by atoms with Crippen LogP contribution in [-0.2, 0) is 4.74 Å². The van der Waals surface area contributed by atoms with E-state index in [1.165, 1.54) is 11.3 Å². The van der Waals surface area contributed by atoms with Gasteiger partial charge in [0.15, 0.2) is 0 Å². The van der Waals surface area contributed by atoms with Crippen molar-refractivity contribution in [1.82, 2.24) is 25.2 Å². The van der Waals surface area contributed by atoms with Crippen molar-refractivity contribution in [2.75, 3.05) is 25.0 Å². The van der Waals surface area contributed by atoms with Gasteiger partial charge in [-0.1, -0.05) is 6.08 Å². The molecule has 0 aliphatic carbocycles. The van der Waals surface area contributed by atoms with Gasteiger partial charge in [0.2, 0.25) is 17.0 Å². The molecule has 2 aliphatic heterocycles. The lowest BCUT2D eigenvalue weighted by molar-refractivity contribution is 0.0270. The summed E-state index contributed by atoms with van der Waals surface area (Å²) >= 11 is 7.61. The van der Waals surface area contributed by atoms with Crippen LogP contribution in [0, 0.1) is 0 Å². The van der Waals surface area contributed by atoms with Crippen molar-refractivity contribution in [3.8, 4) is 11.8 Å². The van der Waals surface area contributed by atoms with Crippen molar-refractivity contribution < 1.29 is 19.1 Å². The molecular weight excluding hydrogens is 564 g/mol. The number of fused-ring (bicyclic) bond motifs is 5. The standard InChI is InChI=1S/C29H29ClN6O4S/c1-15-13-31-23-22-17-5-8-21(34-19(17)6-7-20(22)41-24(23)25(37)33-15)39-26-18(14-32-27(30)35-26)16-9-11-36(12-10-16)28(38)40-29(2,3)4/h5-9,14-15,31H,10-13H2,1-4H3,(H,33,37). The molecule has 12 heteroatoms. The Morgan fingerprint density at radius 3 is 2.78 bits per heavy atom. The number of hydrogen-bond acceptors (Lipinski definition) is 9. The monoisotopic (exact) mass is 592 g/mol. The fourth-order valence-corrected chi connectivity index (χ4v) is 6.14. The molecule has 0 spiro atoms. The second kappa shape index (κ2) is 10.5. The molecule has 0 bridgehead atoms. The molecule has 10 nitrogen and oxygen atoms in total. The highest BCUT2D eigenvalue weighted by Gasteiger charge is 2.27. The first-order valence-electron chi connectivity index (χ1n) is 13.3. The van der Waals surface area contributed by atoms with Gasteiger partial charge in [-0.15, -0.1) is 11.3 Å². The van der Waals surface area contributed by atoms with Gasteiger partial charge in [0.25, 0.3) is 5.91 Å². The van der Waals surface area contributed by atoms with Crippen molar-refractivity contribution >= 4 is 67.2 Å². The highest BCUT2D eigenvalue weighted by atomic mass is 35.5. The molecule has 0 saturated heterocycles.